The van der Waals surface area contributed by atoms with Gasteiger partial charge in [0.15, 0.2) is 0 Å². The summed E-state index contributed by atoms with van der Waals surface area (Å²) in [4.78, 5) is 4.77. The SMILES string of the molecule is CC(C)(/C=C/C(C)(C)c1cn2ccccc2n1)c1ccccc1. The van der Waals surface area contributed by atoms with Gasteiger partial charge in [0.25, 0.3) is 0 Å². The van der Waals surface area contributed by atoms with E-state index in [1.807, 2.05) is 24.4 Å². The average molecular weight is 304 g/mol. The first-order chi connectivity index (χ1) is 10.9. The lowest BCUT2D eigenvalue weighted by Crippen LogP contribution is -2.18. The highest BCUT2D eigenvalue weighted by molar-refractivity contribution is 5.42. The molecule has 118 valence electrons. The largest absolute Gasteiger partial charge is 0.307 e. The smallest absolute Gasteiger partial charge is 0.137 e. The highest BCUT2D eigenvalue weighted by Crippen LogP contribution is 2.29. The van der Waals surface area contributed by atoms with Gasteiger partial charge in [-0.15, -0.1) is 0 Å². The van der Waals surface area contributed by atoms with Crippen molar-refractivity contribution in [3.8, 4) is 0 Å². The van der Waals surface area contributed by atoms with Gasteiger partial charge in [-0.1, -0.05) is 76.2 Å². The van der Waals surface area contributed by atoms with Gasteiger partial charge in [0, 0.05) is 23.2 Å². The van der Waals surface area contributed by atoms with Crippen molar-refractivity contribution in [1.82, 2.24) is 9.38 Å². The summed E-state index contributed by atoms with van der Waals surface area (Å²) in [7, 11) is 0. The Bertz CT molecular complexity index is 790. The van der Waals surface area contributed by atoms with Crippen LogP contribution in [0.4, 0.5) is 0 Å². The number of rotatable bonds is 4. The number of hydrogen-bond acceptors (Lipinski definition) is 1. The van der Waals surface area contributed by atoms with E-state index in [1.165, 1.54) is 5.56 Å². The number of benzene rings is 1. The van der Waals surface area contributed by atoms with E-state index in [1.54, 1.807) is 0 Å². The normalized spacial score (nSPS) is 13.0. The van der Waals surface area contributed by atoms with Crippen LogP contribution < -0.4 is 0 Å². The predicted octanol–water partition coefficient (Wildman–Crippen LogP) is 5.15. The molecular formula is C21H24N2. The number of hydrogen-bond donors (Lipinski definition) is 0. The molecule has 3 rings (SSSR count). The minimum absolute atomic E-state index is 0.00229. The van der Waals surface area contributed by atoms with Crippen LogP contribution >= 0.6 is 0 Å². The second-order valence-electron chi connectivity index (χ2n) is 7.23. The molecule has 0 saturated heterocycles. The molecular weight excluding hydrogens is 280 g/mol. The van der Waals surface area contributed by atoms with Gasteiger partial charge in [-0.2, -0.15) is 0 Å². The average Bonchev–Trinajstić information content (AvgIpc) is 2.99. The van der Waals surface area contributed by atoms with Crippen LogP contribution in [0.15, 0.2) is 73.1 Å². The van der Waals surface area contributed by atoms with Crippen LogP contribution in [0.2, 0.25) is 0 Å². The Morgan fingerprint density at radius 3 is 2.17 bits per heavy atom. The number of nitrogens with zero attached hydrogens (tertiary/aromatic N) is 2. The molecule has 0 atom stereocenters. The highest BCUT2D eigenvalue weighted by atomic mass is 15.0. The van der Waals surface area contributed by atoms with E-state index in [0.29, 0.717) is 0 Å². The molecule has 0 saturated carbocycles. The number of fused-ring (bicyclic) bond motifs is 1. The molecule has 2 aromatic heterocycles. The Kier molecular flexibility index (Phi) is 3.85. The fraction of sp³-hybridized carbons (Fsp3) is 0.286. The van der Waals surface area contributed by atoms with E-state index >= 15 is 0 Å². The molecule has 0 bridgehead atoms. The molecule has 0 aliphatic heterocycles. The molecule has 0 aliphatic rings. The van der Waals surface area contributed by atoms with Gasteiger partial charge in [-0.25, -0.2) is 4.98 Å². The van der Waals surface area contributed by atoms with E-state index in [2.05, 4.69) is 80.8 Å². The summed E-state index contributed by atoms with van der Waals surface area (Å²) in [6.07, 6.45) is 8.74. The monoisotopic (exact) mass is 304 g/mol. The van der Waals surface area contributed by atoms with Gasteiger partial charge in [0.2, 0.25) is 0 Å². The van der Waals surface area contributed by atoms with Gasteiger partial charge >= 0.3 is 0 Å². The molecule has 0 aliphatic carbocycles. The van der Waals surface area contributed by atoms with Gasteiger partial charge in [0.05, 0.1) is 5.69 Å². The lowest BCUT2D eigenvalue weighted by atomic mass is 9.80. The minimum Gasteiger partial charge on any atom is -0.307 e. The van der Waals surface area contributed by atoms with Crippen LogP contribution in [0.25, 0.3) is 5.65 Å². The minimum atomic E-state index is -0.113. The summed E-state index contributed by atoms with van der Waals surface area (Å²) in [5.74, 6) is 0. The first-order valence-corrected chi connectivity index (χ1v) is 8.09. The maximum absolute atomic E-state index is 4.77. The maximum atomic E-state index is 4.77. The van der Waals surface area contributed by atoms with Crippen molar-refractivity contribution in [2.24, 2.45) is 0 Å². The van der Waals surface area contributed by atoms with Crippen LogP contribution in [-0.4, -0.2) is 9.38 Å². The summed E-state index contributed by atoms with van der Waals surface area (Å²) < 4.78 is 2.08. The number of pyridine rings is 1. The Morgan fingerprint density at radius 2 is 1.48 bits per heavy atom. The Labute approximate surface area is 138 Å². The topological polar surface area (TPSA) is 17.3 Å². The van der Waals surface area contributed by atoms with E-state index in [0.717, 1.165) is 11.3 Å². The highest BCUT2D eigenvalue weighted by Gasteiger charge is 2.23. The van der Waals surface area contributed by atoms with Crippen molar-refractivity contribution in [1.29, 1.82) is 0 Å². The number of imidazole rings is 1. The summed E-state index contributed by atoms with van der Waals surface area (Å²) in [5.41, 5.74) is 3.28. The molecule has 2 heteroatoms. The Hall–Kier alpha value is -2.35. The standard InChI is InChI=1S/C21H24N2/c1-20(2,17-10-6-5-7-11-17)13-14-21(3,4)18-16-23-15-9-8-12-19(23)22-18/h5-16H,1-4H3/b14-13+. The van der Waals surface area contributed by atoms with Crippen molar-refractivity contribution in [3.63, 3.8) is 0 Å². The van der Waals surface area contributed by atoms with Crippen LogP contribution in [0, 0.1) is 0 Å². The molecule has 23 heavy (non-hydrogen) atoms. The van der Waals surface area contributed by atoms with Crippen molar-refractivity contribution >= 4 is 5.65 Å². The molecule has 2 heterocycles. The third-order valence-corrected chi connectivity index (χ3v) is 4.46. The van der Waals surface area contributed by atoms with Crippen LogP contribution in [0.1, 0.15) is 39.0 Å². The van der Waals surface area contributed by atoms with Crippen LogP contribution in [-0.2, 0) is 10.8 Å². The van der Waals surface area contributed by atoms with Crippen molar-refractivity contribution in [3.05, 3.63) is 84.3 Å². The second-order valence-corrected chi connectivity index (χ2v) is 7.23. The summed E-state index contributed by atoms with van der Waals surface area (Å²) in [5, 5.41) is 0. The quantitative estimate of drug-likeness (QED) is 0.610. The van der Waals surface area contributed by atoms with E-state index in [9.17, 15) is 0 Å². The zero-order valence-corrected chi connectivity index (χ0v) is 14.3. The number of allylic oxidation sites excluding steroid dienone is 2. The summed E-state index contributed by atoms with van der Waals surface area (Å²) in [6, 6.07) is 16.7. The molecule has 0 spiro atoms. The van der Waals surface area contributed by atoms with E-state index in [-0.39, 0.29) is 10.8 Å². The first kappa shape index (κ1) is 15.5. The summed E-state index contributed by atoms with van der Waals surface area (Å²) >= 11 is 0. The van der Waals surface area contributed by atoms with Crippen LogP contribution in [0.5, 0.6) is 0 Å². The zero-order chi connectivity index (χ0) is 16.5. The lowest BCUT2D eigenvalue weighted by Gasteiger charge is -2.24. The van der Waals surface area contributed by atoms with Crippen LogP contribution in [0.3, 0.4) is 0 Å². The Morgan fingerprint density at radius 1 is 0.826 bits per heavy atom. The molecule has 0 amide bonds. The Balaban J connectivity index is 1.90. The molecule has 0 N–H and O–H groups in total. The summed E-state index contributed by atoms with van der Waals surface area (Å²) in [6.45, 7) is 8.93. The van der Waals surface area contributed by atoms with Crippen molar-refractivity contribution in [2.75, 3.05) is 0 Å². The second kappa shape index (κ2) is 5.69. The molecule has 3 aromatic rings. The van der Waals surface area contributed by atoms with Gasteiger partial charge in [-0.05, 0) is 17.7 Å². The maximum Gasteiger partial charge on any atom is 0.137 e. The van der Waals surface area contributed by atoms with E-state index < -0.39 is 0 Å². The molecule has 0 fully saturated rings. The molecule has 0 radical (unpaired) electrons. The zero-order valence-electron chi connectivity index (χ0n) is 14.3. The fourth-order valence-electron chi connectivity index (χ4n) is 2.71. The molecule has 0 unspecified atom stereocenters. The van der Waals surface area contributed by atoms with Gasteiger partial charge in [0.1, 0.15) is 5.65 Å². The number of aromatic nitrogens is 2. The molecule has 2 nitrogen and oxygen atoms in total. The first-order valence-electron chi connectivity index (χ1n) is 8.09. The van der Waals surface area contributed by atoms with Gasteiger partial charge < -0.3 is 4.40 Å². The van der Waals surface area contributed by atoms with E-state index in [4.69, 9.17) is 4.98 Å². The fourth-order valence-corrected chi connectivity index (χ4v) is 2.71. The van der Waals surface area contributed by atoms with Crippen molar-refractivity contribution < 1.29 is 0 Å². The lowest BCUT2D eigenvalue weighted by molar-refractivity contribution is 0.615. The molecule has 1 aromatic carbocycles. The predicted molar refractivity (Wildman–Crippen MR) is 96.8 cm³/mol. The van der Waals surface area contributed by atoms with Crippen molar-refractivity contribution in [2.45, 2.75) is 38.5 Å². The third kappa shape index (κ3) is 3.21. The van der Waals surface area contributed by atoms with Gasteiger partial charge in [-0.3, -0.25) is 0 Å². The third-order valence-electron chi connectivity index (χ3n) is 4.46.